The van der Waals surface area contributed by atoms with Crippen molar-refractivity contribution in [3.05, 3.63) is 96.1 Å². The lowest BCUT2D eigenvalue weighted by atomic mass is 9.51. The lowest BCUT2D eigenvalue weighted by Crippen LogP contribution is -2.49. The molecule has 8 nitrogen and oxygen atoms in total. The molecule has 0 aromatic heterocycles. The van der Waals surface area contributed by atoms with Crippen LogP contribution in [0, 0.1) is 29.1 Å². The van der Waals surface area contributed by atoms with Crippen LogP contribution in [-0.4, -0.2) is 35.8 Å². The van der Waals surface area contributed by atoms with Gasteiger partial charge in [0, 0.05) is 11.5 Å². The van der Waals surface area contributed by atoms with Gasteiger partial charge in [0.1, 0.15) is 11.5 Å². The van der Waals surface area contributed by atoms with Crippen molar-refractivity contribution in [2.75, 3.05) is 16.9 Å². The maximum absolute atomic E-state index is 14.4. The zero-order valence-corrected chi connectivity index (χ0v) is 23.3. The van der Waals surface area contributed by atoms with Gasteiger partial charge in [-0.05, 0) is 62.1 Å². The van der Waals surface area contributed by atoms with E-state index in [1.54, 1.807) is 73.7 Å². The highest BCUT2D eigenvalue weighted by Crippen LogP contribution is 2.65. The Morgan fingerprint density at radius 1 is 0.786 bits per heavy atom. The van der Waals surface area contributed by atoms with Crippen LogP contribution >= 0.6 is 0 Å². The van der Waals surface area contributed by atoms with Gasteiger partial charge in [-0.25, -0.2) is 4.90 Å². The van der Waals surface area contributed by atoms with Gasteiger partial charge in [0.25, 0.3) is 0 Å². The predicted octanol–water partition coefficient (Wildman–Crippen LogP) is 4.84. The van der Waals surface area contributed by atoms with E-state index in [1.165, 1.54) is 16.9 Å². The van der Waals surface area contributed by atoms with Crippen molar-refractivity contribution in [2.45, 2.75) is 25.7 Å². The van der Waals surface area contributed by atoms with Crippen LogP contribution < -0.4 is 14.5 Å². The van der Waals surface area contributed by atoms with Gasteiger partial charge in [-0.2, -0.15) is 0 Å². The van der Waals surface area contributed by atoms with E-state index in [9.17, 15) is 24.3 Å². The Morgan fingerprint density at radius 3 is 2.07 bits per heavy atom. The van der Waals surface area contributed by atoms with Crippen LogP contribution in [0.4, 0.5) is 11.4 Å². The number of allylic oxidation sites excluding steroid dienone is 2. The summed E-state index contributed by atoms with van der Waals surface area (Å²) in [4.78, 5) is 58.9. The van der Waals surface area contributed by atoms with Crippen LogP contribution in [0.1, 0.15) is 31.2 Å². The molecule has 2 heterocycles. The highest BCUT2D eigenvalue weighted by Gasteiger charge is 2.68. The number of rotatable bonds is 4. The summed E-state index contributed by atoms with van der Waals surface area (Å²) in [5.41, 5.74) is 0.934. The Bertz CT molecular complexity index is 1670. The molecule has 7 rings (SSSR count). The van der Waals surface area contributed by atoms with Crippen molar-refractivity contribution in [1.82, 2.24) is 0 Å². The molecule has 2 aliphatic heterocycles. The van der Waals surface area contributed by atoms with Crippen molar-refractivity contribution < 1.29 is 29.0 Å². The Morgan fingerprint density at radius 2 is 1.43 bits per heavy atom. The van der Waals surface area contributed by atoms with E-state index in [4.69, 9.17) is 4.74 Å². The summed E-state index contributed by atoms with van der Waals surface area (Å²) in [6.45, 7) is 1.79. The average molecular weight is 563 g/mol. The second-order valence-electron chi connectivity index (χ2n) is 11.7. The van der Waals surface area contributed by atoms with Crippen molar-refractivity contribution in [3.8, 4) is 11.5 Å². The lowest BCUT2D eigenvalue weighted by molar-refractivity contribution is -0.131. The van der Waals surface area contributed by atoms with E-state index >= 15 is 0 Å². The monoisotopic (exact) mass is 562 g/mol. The van der Waals surface area contributed by atoms with Gasteiger partial charge in [-0.15, -0.1) is 0 Å². The molecule has 1 N–H and O–H groups in total. The third-order valence-electron chi connectivity index (χ3n) is 9.86. The van der Waals surface area contributed by atoms with Crippen LogP contribution in [0.25, 0.3) is 0 Å². The molecular formula is C34H30N2O6. The molecule has 4 aliphatic rings. The number of ether oxygens (including phenoxy) is 1. The van der Waals surface area contributed by atoms with Crippen LogP contribution in [0.15, 0.2) is 90.5 Å². The third-order valence-corrected chi connectivity index (χ3v) is 9.86. The molecule has 6 unspecified atom stereocenters. The first-order valence-electron chi connectivity index (χ1n) is 14.2. The smallest absolute Gasteiger partial charge is 0.241 e. The Balaban J connectivity index is 1.41. The summed E-state index contributed by atoms with van der Waals surface area (Å²) in [5, 5.41) is 11.3. The van der Waals surface area contributed by atoms with Gasteiger partial charge in [-0.1, -0.05) is 54.1 Å². The zero-order chi connectivity index (χ0) is 29.3. The molecule has 212 valence electrons. The molecule has 3 fully saturated rings. The SMILES string of the molecule is COc1cccc(O)c1C1C2=CCC3C(=O)N(c4ccccc4)C(=O)C3C2CC2C(=O)N(c3ccccc3)C(=O)C21C. The standard InChI is InChI=1S/C34H30N2O6/c1-34-24(31(39)36(33(34)41)20-12-7-4-8-13-20)18-23-21(29(34)28-25(37)14-9-15-26(28)42-2)16-17-22-27(23)32(40)35(30(22)38)19-10-5-3-6-11-19/h3-16,22-24,27,29,37H,17-18H2,1-2H3. The fraction of sp³-hybridized carbons (Fsp3) is 0.294. The molecule has 3 aromatic rings. The molecule has 2 saturated heterocycles. The largest absolute Gasteiger partial charge is 0.508 e. The molecule has 3 aromatic carbocycles. The van der Waals surface area contributed by atoms with Gasteiger partial charge >= 0.3 is 0 Å². The van der Waals surface area contributed by atoms with E-state index in [-0.39, 0.29) is 35.8 Å². The first kappa shape index (κ1) is 26.2. The van der Waals surface area contributed by atoms with E-state index in [1.807, 2.05) is 18.2 Å². The van der Waals surface area contributed by atoms with Gasteiger partial charge in [0.2, 0.25) is 23.6 Å². The number of nitrogens with zero attached hydrogens (tertiary/aromatic N) is 2. The van der Waals surface area contributed by atoms with E-state index in [2.05, 4.69) is 0 Å². The molecule has 6 atom stereocenters. The number of carbonyl (C=O) groups excluding carboxylic acids is 4. The van der Waals surface area contributed by atoms with E-state index in [0.29, 0.717) is 29.1 Å². The number of phenols is 1. The number of amides is 4. The first-order valence-corrected chi connectivity index (χ1v) is 14.2. The summed E-state index contributed by atoms with van der Waals surface area (Å²) in [7, 11) is 1.50. The van der Waals surface area contributed by atoms with Crippen molar-refractivity contribution in [1.29, 1.82) is 0 Å². The first-order chi connectivity index (χ1) is 20.3. The fourth-order valence-electron chi connectivity index (χ4n) is 7.98. The maximum Gasteiger partial charge on any atom is 0.241 e. The molecule has 8 heteroatoms. The number of carbonyl (C=O) groups is 4. The number of benzene rings is 3. The van der Waals surface area contributed by atoms with Crippen molar-refractivity contribution in [2.24, 2.45) is 29.1 Å². The number of para-hydroxylation sites is 2. The Labute approximate surface area is 243 Å². The molecule has 0 bridgehead atoms. The molecule has 42 heavy (non-hydrogen) atoms. The van der Waals surface area contributed by atoms with Crippen LogP contribution in [-0.2, 0) is 19.2 Å². The summed E-state index contributed by atoms with van der Waals surface area (Å²) >= 11 is 0. The number of imide groups is 2. The maximum atomic E-state index is 14.4. The van der Waals surface area contributed by atoms with Gasteiger partial charge in [0.15, 0.2) is 0 Å². The Hall–Kier alpha value is -4.72. The van der Waals surface area contributed by atoms with Gasteiger partial charge in [-0.3, -0.25) is 24.1 Å². The molecular weight excluding hydrogens is 532 g/mol. The fourth-order valence-corrected chi connectivity index (χ4v) is 7.98. The Kier molecular flexibility index (Phi) is 5.87. The zero-order valence-electron chi connectivity index (χ0n) is 23.3. The molecule has 0 radical (unpaired) electrons. The number of methoxy groups -OCH3 is 1. The normalized spacial score (nSPS) is 30.1. The van der Waals surface area contributed by atoms with Gasteiger partial charge < -0.3 is 9.84 Å². The third kappa shape index (κ3) is 3.41. The van der Waals surface area contributed by atoms with Crippen molar-refractivity contribution in [3.63, 3.8) is 0 Å². The van der Waals surface area contributed by atoms with Crippen LogP contribution in [0.2, 0.25) is 0 Å². The number of fused-ring (bicyclic) bond motifs is 4. The van der Waals surface area contributed by atoms with E-state index in [0.717, 1.165) is 5.57 Å². The quantitative estimate of drug-likeness (QED) is 0.361. The second kappa shape index (κ2) is 9.41. The van der Waals surface area contributed by atoms with E-state index < -0.39 is 35.0 Å². The minimum Gasteiger partial charge on any atom is -0.508 e. The molecule has 2 aliphatic carbocycles. The average Bonchev–Trinajstić information content (AvgIpc) is 3.37. The number of aromatic hydroxyl groups is 1. The highest BCUT2D eigenvalue weighted by molar-refractivity contribution is 6.25. The summed E-state index contributed by atoms with van der Waals surface area (Å²) in [6, 6.07) is 22.6. The van der Waals surface area contributed by atoms with Gasteiger partial charge in [0.05, 0.1) is 41.7 Å². The number of anilines is 2. The molecule has 4 amide bonds. The van der Waals surface area contributed by atoms with Crippen LogP contribution in [0.5, 0.6) is 11.5 Å². The lowest BCUT2D eigenvalue weighted by Gasteiger charge is -2.49. The minimum atomic E-state index is -1.26. The minimum absolute atomic E-state index is 0.0545. The molecule has 1 saturated carbocycles. The number of hydrogen-bond acceptors (Lipinski definition) is 6. The second-order valence-corrected chi connectivity index (χ2v) is 11.7. The summed E-state index contributed by atoms with van der Waals surface area (Å²) in [5.74, 6) is -4.18. The number of hydrogen-bond donors (Lipinski definition) is 1. The summed E-state index contributed by atoms with van der Waals surface area (Å²) < 4.78 is 5.70. The predicted molar refractivity (Wildman–Crippen MR) is 155 cm³/mol. The topological polar surface area (TPSA) is 104 Å². The van der Waals surface area contributed by atoms with Crippen molar-refractivity contribution >= 4 is 35.0 Å². The molecule has 0 spiro atoms. The highest BCUT2D eigenvalue weighted by atomic mass is 16.5. The van der Waals surface area contributed by atoms with Crippen LogP contribution in [0.3, 0.4) is 0 Å². The number of phenolic OH excluding ortho intramolecular Hbond substituents is 1. The summed E-state index contributed by atoms with van der Waals surface area (Å²) in [6.07, 6.45) is 2.53.